The topological polar surface area (TPSA) is 17.8 Å². The summed E-state index contributed by atoms with van der Waals surface area (Å²) in [4.78, 5) is 4.40. The van der Waals surface area contributed by atoms with Crippen LogP contribution in [0.15, 0.2) is 16.7 Å². The van der Waals surface area contributed by atoms with E-state index >= 15 is 0 Å². The average Bonchev–Trinajstić information content (AvgIpc) is 2.43. The summed E-state index contributed by atoms with van der Waals surface area (Å²) in [7, 11) is 2.07. The summed E-state index contributed by atoms with van der Waals surface area (Å²) in [6, 6.07) is 2.00. The quantitative estimate of drug-likeness (QED) is 0.763. The van der Waals surface area contributed by atoms with Crippen molar-refractivity contribution in [1.29, 1.82) is 0 Å². The molecule has 74 valence electrons. The number of aryl methyl sites for hydroxylation is 2. The molecule has 0 fully saturated rings. The number of pyridine rings is 1. The molecule has 14 heavy (non-hydrogen) atoms. The fraction of sp³-hybridized carbons (Fsp3) is 0.364. The second-order valence-corrected chi connectivity index (χ2v) is 4.32. The molecule has 0 aromatic carbocycles. The Labute approximate surface area is 92.1 Å². The van der Waals surface area contributed by atoms with Crippen LogP contribution >= 0.6 is 15.9 Å². The third kappa shape index (κ3) is 1.19. The maximum Gasteiger partial charge on any atom is 0.141 e. The van der Waals surface area contributed by atoms with Gasteiger partial charge in [0.15, 0.2) is 0 Å². The molecule has 0 radical (unpaired) electrons. The summed E-state index contributed by atoms with van der Waals surface area (Å²) in [5.74, 6) is 0. The van der Waals surface area contributed by atoms with E-state index in [9.17, 15) is 0 Å². The zero-order valence-electron chi connectivity index (χ0n) is 8.63. The van der Waals surface area contributed by atoms with E-state index in [1.807, 2.05) is 12.3 Å². The van der Waals surface area contributed by atoms with Gasteiger partial charge in [-0.15, -0.1) is 0 Å². The first-order chi connectivity index (χ1) is 6.66. The van der Waals surface area contributed by atoms with Gasteiger partial charge in [-0.25, -0.2) is 4.98 Å². The lowest BCUT2D eigenvalue weighted by Crippen LogP contribution is -1.92. The molecule has 0 saturated heterocycles. The van der Waals surface area contributed by atoms with Crippen LogP contribution in [0.5, 0.6) is 0 Å². The van der Waals surface area contributed by atoms with Crippen LogP contribution in [0.3, 0.4) is 0 Å². The lowest BCUT2D eigenvalue weighted by Gasteiger charge is -1.97. The van der Waals surface area contributed by atoms with E-state index in [1.54, 1.807) is 0 Å². The van der Waals surface area contributed by atoms with E-state index in [0.29, 0.717) is 0 Å². The number of aromatic nitrogens is 2. The molecule has 0 aliphatic heterocycles. The van der Waals surface area contributed by atoms with Crippen molar-refractivity contribution < 1.29 is 0 Å². The molecule has 0 atom stereocenters. The van der Waals surface area contributed by atoms with Crippen LogP contribution in [0.2, 0.25) is 0 Å². The Balaban J connectivity index is 2.96. The standard InChI is InChI=1S/C11H13BrN2/c1-4-8-7(2)14(3)11-10(8)9(12)5-6-13-11/h5-6H,4H2,1-3H3. The molecule has 2 aromatic heterocycles. The fourth-order valence-electron chi connectivity index (χ4n) is 1.94. The van der Waals surface area contributed by atoms with Crippen LogP contribution < -0.4 is 0 Å². The second-order valence-electron chi connectivity index (χ2n) is 3.47. The monoisotopic (exact) mass is 252 g/mol. The second kappa shape index (κ2) is 3.39. The zero-order valence-corrected chi connectivity index (χ0v) is 10.2. The van der Waals surface area contributed by atoms with E-state index < -0.39 is 0 Å². The maximum absolute atomic E-state index is 4.40. The van der Waals surface area contributed by atoms with E-state index in [0.717, 1.165) is 16.5 Å². The van der Waals surface area contributed by atoms with Gasteiger partial charge in [-0.2, -0.15) is 0 Å². The minimum Gasteiger partial charge on any atom is -0.333 e. The van der Waals surface area contributed by atoms with Crippen molar-refractivity contribution in [2.75, 3.05) is 0 Å². The number of hydrogen-bond acceptors (Lipinski definition) is 1. The first kappa shape index (κ1) is 9.71. The van der Waals surface area contributed by atoms with Crippen LogP contribution in [0.25, 0.3) is 11.0 Å². The lowest BCUT2D eigenvalue weighted by molar-refractivity contribution is 0.886. The van der Waals surface area contributed by atoms with E-state index in [-0.39, 0.29) is 0 Å². The van der Waals surface area contributed by atoms with Gasteiger partial charge in [-0.1, -0.05) is 6.92 Å². The molecular formula is C11H13BrN2. The van der Waals surface area contributed by atoms with Gasteiger partial charge in [0.1, 0.15) is 5.65 Å². The number of halogens is 1. The summed E-state index contributed by atoms with van der Waals surface area (Å²) in [5, 5.41) is 1.26. The van der Waals surface area contributed by atoms with Crippen molar-refractivity contribution in [1.82, 2.24) is 9.55 Å². The minimum absolute atomic E-state index is 1.05. The summed E-state index contributed by atoms with van der Waals surface area (Å²) in [5.41, 5.74) is 3.76. The highest BCUT2D eigenvalue weighted by molar-refractivity contribution is 9.10. The first-order valence-corrected chi connectivity index (χ1v) is 5.54. The van der Waals surface area contributed by atoms with Crippen molar-refractivity contribution in [3.63, 3.8) is 0 Å². The molecule has 2 rings (SSSR count). The summed E-state index contributed by atoms with van der Waals surface area (Å²) >= 11 is 3.58. The van der Waals surface area contributed by atoms with E-state index in [4.69, 9.17) is 0 Å². The highest BCUT2D eigenvalue weighted by Crippen LogP contribution is 2.29. The number of fused-ring (bicyclic) bond motifs is 1. The van der Waals surface area contributed by atoms with E-state index in [1.165, 1.54) is 16.6 Å². The molecule has 0 amide bonds. The van der Waals surface area contributed by atoms with Crippen LogP contribution in [0, 0.1) is 6.92 Å². The maximum atomic E-state index is 4.40. The highest BCUT2D eigenvalue weighted by atomic mass is 79.9. The van der Waals surface area contributed by atoms with Crippen LogP contribution in [0.1, 0.15) is 18.2 Å². The van der Waals surface area contributed by atoms with Gasteiger partial charge >= 0.3 is 0 Å². The predicted molar refractivity (Wildman–Crippen MR) is 62.5 cm³/mol. The molecule has 0 saturated carbocycles. The van der Waals surface area contributed by atoms with Crippen LogP contribution in [-0.2, 0) is 13.5 Å². The Bertz CT molecular complexity index is 485. The Morgan fingerprint density at radius 3 is 2.86 bits per heavy atom. The molecule has 2 heterocycles. The number of hydrogen-bond donors (Lipinski definition) is 0. The van der Waals surface area contributed by atoms with Crippen molar-refractivity contribution in [3.8, 4) is 0 Å². The van der Waals surface area contributed by atoms with Gasteiger partial charge in [0.25, 0.3) is 0 Å². The van der Waals surface area contributed by atoms with Crippen molar-refractivity contribution in [3.05, 3.63) is 28.0 Å². The Morgan fingerprint density at radius 1 is 1.50 bits per heavy atom. The lowest BCUT2D eigenvalue weighted by atomic mass is 10.1. The van der Waals surface area contributed by atoms with Crippen molar-refractivity contribution in [2.24, 2.45) is 7.05 Å². The Kier molecular flexibility index (Phi) is 2.35. The number of rotatable bonds is 1. The molecule has 0 aliphatic rings. The Morgan fingerprint density at radius 2 is 2.21 bits per heavy atom. The predicted octanol–water partition coefficient (Wildman–Crippen LogP) is 3.21. The zero-order chi connectivity index (χ0) is 10.3. The largest absolute Gasteiger partial charge is 0.333 e. The molecule has 0 N–H and O–H groups in total. The van der Waals surface area contributed by atoms with Gasteiger partial charge in [0.05, 0.1) is 0 Å². The van der Waals surface area contributed by atoms with Crippen molar-refractivity contribution in [2.45, 2.75) is 20.3 Å². The average molecular weight is 253 g/mol. The molecule has 2 nitrogen and oxygen atoms in total. The third-order valence-corrected chi connectivity index (χ3v) is 3.45. The van der Waals surface area contributed by atoms with E-state index in [2.05, 4.69) is 46.4 Å². The van der Waals surface area contributed by atoms with Gasteiger partial charge in [-0.3, -0.25) is 0 Å². The molecule has 0 aliphatic carbocycles. The minimum atomic E-state index is 1.05. The molecule has 0 unspecified atom stereocenters. The molecule has 2 aromatic rings. The fourth-order valence-corrected chi connectivity index (χ4v) is 2.47. The third-order valence-electron chi connectivity index (χ3n) is 2.79. The van der Waals surface area contributed by atoms with Gasteiger partial charge in [0.2, 0.25) is 0 Å². The summed E-state index contributed by atoms with van der Waals surface area (Å²) in [6.07, 6.45) is 2.89. The van der Waals surface area contributed by atoms with Gasteiger partial charge in [0, 0.05) is 28.8 Å². The van der Waals surface area contributed by atoms with Crippen LogP contribution in [0.4, 0.5) is 0 Å². The van der Waals surface area contributed by atoms with Gasteiger partial charge < -0.3 is 4.57 Å². The molecule has 0 spiro atoms. The molecule has 0 bridgehead atoms. The smallest absolute Gasteiger partial charge is 0.141 e. The number of nitrogens with zero attached hydrogens (tertiary/aromatic N) is 2. The SMILES string of the molecule is CCc1c(C)n(C)c2nccc(Br)c12. The highest BCUT2D eigenvalue weighted by Gasteiger charge is 2.13. The Hall–Kier alpha value is -0.830. The first-order valence-electron chi connectivity index (χ1n) is 4.75. The van der Waals surface area contributed by atoms with Crippen molar-refractivity contribution >= 4 is 27.0 Å². The molecular weight excluding hydrogens is 240 g/mol. The van der Waals surface area contributed by atoms with Gasteiger partial charge in [-0.05, 0) is 40.9 Å². The normalized spacial score (nSPS) is 11.1. The summed E-state index contributed by atoms with van der Waals surface area (Å²) in [6.45, 7) is 4.33. The van der Waals surface area contributed by atoms with Crippen LogP contribution in [-0.4, -0.2) is 9.55 Å². The molecule has 3 heteroatoms. The summed E-state index contributed by atoms with van der Waals surface area (Å²) < 4.78 is 3.29.